The number of para-hydroxylation sites is 1. The molecule has 1 atom stereocenters. The zero-order valence-corrected chi connectivity index (χ0v) is 25.0. The molecule has 43 heavy (non-hydrogen) atoms. The van der Waals surface area contributed by atoms with Crippen molar-refractivity contribution in [2.24, 2.45) is 5.73 Å². The maximum absolute atomic E-state index is 14.2. The molecule has 1 saturated heterocycles. The summed E-state index contributed by atoms with van der Waals surface area (Å²) in [6.07, 6.45) is -2.25. The van der Waals surface area contributed by atoms with Crippen LogP contribution in [0.2, 0.25) is 0 Å². The molecule has 2 aliphatic rings. The van der Waals surface area contributed by atoms with Crippen LogP contribution in [0.15, 0.2) is 42.5 Å². The van der Waals surface area contributed by atoms with E-state index in [0.29, 0.717) is 36.9 Å². The van der Waals surface area contributed by atoms with Gasteiger partial charge in [-0.1, -0.05) is 77.3 Å². The van der Waals surface area contributed by atoms with Crippen LogP contribution >= 0.6 is 0 Å². The standard InChI is InChI=1S/C32H39F3N4O4/c1-19(2)23-9-8-10-24(20(3)4)27(23)37-28(41)25(17-26(36)40)39-29(42)31(15-6-5-7-16-31)38(30(39)43)18-21-11-13-22(14-12-21)32(33,34)35/h8-14,19-20,25H,5-7,15-18H2,1-4H3,(H2,36,40)(H,37,41). The number of amides is 5. The van der Waals surface area contributed by atoms with Gasteiger partial charge in [0.25, 0.3) is 5.91 Å². The number of carbonyl (C=O) groups is 4. The van der Waals surface area contributed by atoms with Crippen LogP contribution in [0, 0.1) is 0 Å². The van der Waals surface area contributed by atoms with Gasteiger partial charge in [-0.15, -0.1) is 0 Å². The van der Waals surface area contributed by atoms with Gasteiger partial charge in [-0.3, -0.25) is 14.4 Å². The molecule has 1 heterocycles. The maximum Gasteiger partial charge on any atom is 0.416 e. The summed E-state index contributed by atoms with van der Waals surface area (Å²) in [5, 5.41) is 2.92. The first-order valence-corrected chi connectivity index (χ1v) is 14.7. The first kappa shape index (κ1) is 32.0. The third-order valence-corrected chi connectivity index (χ3v) is 8.50. The Kier molecular flexibility index (Phi) is 9.22. The number of primary amides is 1. The number of halogens is 3. The summed E-state index contributed by atoms with van der Waals surface area (Å²) in [5.41, 5.74) is 6.15. The summed E-state index contributed by atoms with van der Waals surface area (Å²) >= 11 is 0. The molecule has 4 rings (SSSR count). The van der Waals surface area contributed by atoms with Gasteiger partial charge in [-0.05, 0) is 53.5 Å². The molecule has 0 radical (unpaired) electrons. The molecule has 232 valence electrons. The molecular formula is C32H39F3N4O4. The van der Waals surface area contributed by atoms with E-state index in [4.69, 9.17) is 5.73 Å². The number of rotatable bonds is 9. The maximum atomic E-state index is 14.2. The third-order valence-electron chi connectivity index (χ3n) is 8.50. The predicted molar refractivity (Wildman–Crippen MR) is 156 cm³/mol. The second-order valence-corrected chi connectivity index (χ2v) is 12.1. The number of anilines is 1. The zero-order valence-electron chi connectivity index (χ0n) is 25.0. The van der Waals surface area contributed by atoms with E-state index in [2.05, 4.69) is 5.32 Å². The summed E-state index contributed by atoms with van der Waals surface area (Å²) in [6.45, 7) is 7.80. The van der Waals surface area contributed by atoms with Gasteiger partial charge in [-0.25, -0.2) is 9.69 Å². The minimum Gasteiger partial charge on any atom is -0.370 e. The monoisotopic (exact) mass is 600 g/mol. The Morgan fingerprint density at radius 1 is 0.930 bits per heavy atom. The Morgan fingerprint density at radius 2 is 1.49 bits per heavy atom. The lowest BCUT2D eigenvalue weighted by atomic mass is 9.80. The molecule has 1 aliphatic carbocycles. The lowest BCUT2D eigenvalue weighted by molar-refractivity contribution is -0.140. The van der Waals surface area contributed by atoms with Crippen molar-refractivity contribution in [1.29, 1.82) is 0 Å². The molecule has 2 fully saturated rings. The second kappa shape index (κ2) is 12.4. The largest absolute Gasteiger partial charge is 0.416 e. The highest BCUT2D eigenvalue weighted by molar-refractivity contribution is 6.12. The highest BCUT2D eigenvalue weighted by atomic mass is 19.4. The molecule has 11 heteroatoms. The van der Waals surface area contributed by atoms with Crippen molar-refractivity contribution >= 4 is 29.4 Å². The molecule has 1 spiro atoms. The summed E-state index contributed by atoms with van der Waals surface area (Å²) < 4.78 is 39.4. The van der Waals surface area contributed by atoms with E-state index in [1.54, 1.807) is 0 Å². The van der Waals surface area contributed by atoms with E-state index in [9.17, 15) is 32.3 Å². The zero-order chi connectivity index (χ0) is 31.7. The number of imide groups is 1. The molecule has 2 aromatic rings. The molecule has 1 aliphatic heterocycles. The van der Waals surface area contributed by atoms with Gasteiger partial charge in [0.1, 0.15) is 11.6 Å². The number of nitrogens with zero attached hydrogens (tertiary/aromatic N) is 2. The van der Waals surface area contributed by atoms with Crippen LogP contribution in [-0.2, 0) is 27.1 Å². The van der Waals surface area contributed by atoms with Crippen LogP contribution in [0.1, 0.15) is 100 Å². The molecular weight excluding hydrogens is 561 g/mol. The van der Waals surface area contributed by atoms with Crippen molar-refractivity contribution in [3.05, 3.63) is 64.7 Å². The topological polar surface area (TPSA) is 113 Å². The molecule has 0 aromatic heterocycles. The number of benzene rings is 2. The minimum atomic E-state index is -4.52. The normalized spacial score (nSPS) is 17.7. The number of hydrogen-bond acceptors (Lipinski definition) is 4. The van der Waals surface area contributed by atoms with Crippen molar-refractivity contribution in [2.75, 3.05) is 5.32 Å². The first-order valence-electron chi connectivity index (χ1n) is 14.7. The SMILES string of the molecule is CC(C)c1cccc(C(C)C)c1NC(=O)C(CC(N)=O)N1C(=O)N(Cc2ccc(C(F)(F)F)cc2)C2(CCCCC2)C1=O. The van der Waals surface area contributed by atoms with E-state index in [0.717, 1.165) is 34.6 Å². The molecule has 1 saturated carbocycles. The van der Waals surface area contributed by atoms with Gasteiger partial charge in [0, 0.05) is 12.2 Å². The van der Waals surface area contributed by atoms with Crippen molar-refractivity contribution in [2.45, 2.75) is 102 Å². The van der Waals surface area contributed by atoms with E-state index < -0.39 is 53.5 Å². The molecule has 5 amide bonds. The van der Waals surface area contributed by atoms with E-state index in [1.807, 2.05) is 45.9 Å². The Morgan fingerprint density at radius 3 is 1.98 bits per heavy atom. The van der Waals surface area contributed by atoms with Crippen molar-refractivity contribution in [3.63, 3.8) is 0 Å². The molecule has 2 aromatic carbocycles. The van der Waals surface area contributed by atoms with Crippen LogP contribution < -0.4 is 11.1 Å². The number of alkyl halides is 3. The lowest BCUT2D eigenvalue weighted by Gasteiger charge is -2.38. The number of hydrogen-bond donors (Lipinski definition) is 2. The smallest absolute Gasteiger partial charge is 0.370 e. The lowest BCUT2D eigenvalue weighted by Crippen LogP contribution is -2.52. The third kappa shape index (κ3) is 6.40. The molecule has 8 nitrogen and oxygen atoms in total. The molecule has 3 N–H and O–H groups in total. The number of carbonyl (C=O) groups excluding carboxylic acids is 4. The van der Waals surface area contributed by atoms with Crippen molar-refractivity contribution in [3.8, 4) is 0 Å². The van der Waals surface area contributed by atoms with E-state index in [1.165, 1.54) is 17.0 Å². The van der Waals surface area contributed by atoms with Gasteiger partial charge in [0.2, 0.25) is 11.8 Å². The summed E-state index contributed by atoms with van der Waals surface area (Å²) in [6, 6.07) is 7.85. The van der Waals surface area contributed by atoms with E-state index in [-0.39, 0.29) is 18.4 Å². The molecule has 1 unspecified atom stereocenters. The van der Waals surface area contributed by atoms with Crippen LogP contribution in [0.4, 0.5) is 23.7 Å². The Balaban J connectivity index is 1.73. The van der Waals surface area contributed by atoms with Gasteiger partial charge < -0.3 is 16.0 Å². The van der Waals surface area contributed by atoms with Crippen LogP contribution in [0.25, 0.3) is 0 Å². The van der Waals surface area contributed by atoms with Crippen LogP contribution in [0.5, 0.6) is 0 Å². The highest BCUT2D eigenvalue weighted by Gasteiger charge is 2.59. The fourth-order valence-electron chi connectivity index (χ4n) is 6.23. The van der Waals surface area contributed by atoms with E-state index >= 15 is 0 Å². The Bertz CT molecular complexity index is 1360. The highest BCUT2D eigenvalue weighted by Crippen LogP contribution is 2.43. The van der Waals surface area contributed by atoms with Crippen LogP contribution in [-0.4, -0.2) is 45.1 Å². The van der Waals surface area contributed by atoms with Gasteiger partial charge >= 0.3 is 12.2 Å². The summed E-state index contributed by atoms with van der Waals surface area (Å²) in [5.74, 6) is -2.07. The average Bonchev–Trinajstić information content (AvgIpc) is 3.12. The van der Waals surface area contributed by atoms with Crippen molar-refractivity contribution < 1.29 is 32.3 Å². The van der Waals surface area contributed by atoms with Gasteiger partial charge in [-0.2, -0.15) is 13.2 Å². The fourth-order valence-corrected chi connectivity index (χ4v) is 6.23. The summed E-state index contributed by atoms with van der Waals surface area (Å²) in [7, 11) is 0. The number of nitrogens with two attached hydrogens (primary N) is 1. The second-order valence-electron chi connectivity index (χ2n) is 12.1. The number of nitrogens with one attached hydrogen (secondary N) is 1. The quantitative estimate of drug-likeness (QED) is 0.329. The Hall–Kier alpha value is -3.89. The first-order chi connectivity index (χ1) is 20.2. The van der Waals surface area contributed by atoms with Crippen LogP contribution in [0.3, 0.4) is 0 Å². The Labute approximate surface area is 249 Å². The number of urea groups is 1. The predicted octanol–water partition coefficient (Wildman–Crippen LogP) is 6.30. The minimum absolute atomic E-state index is 0.0448. The fraction of sp³-hybridized carbons (Fsp3) is 0.500. The molecule has 0 bridgehead atoms. The van der Waals surface area contributed by atoms with Gasteiger partial charge in [0.05, 0.1) is 12.0 Å². The average molecular weight is 601 g/mol. The van der Waals surface area contributed by atoms with Crippen molar-refractivity contribution in [1.82, 2.24) is 9.80 Å². The summed E-state index contributed by atoms with van der Waals surface area (Å²) in [4.78, 5) is 56.7. The van der Waals surface area contributed by atoms with Gasteiger partial charge in [0.15, 0.2) is 0 Å².